The van der Waals surface area contributed by atoms with E-state index in [1.807, 2.05) is 0 Å². The third kappa shape index (κ3) is 3.66. The van der Waals surface area contributed by atoms with Crippen LogP contribution in [0.15, 0.2) is 0 Å². The SMILES string of the molecule is CN(C)N(C)C(=O)CN.Cl. The van der Waals surface area contributed by atoms with Crippen molar-refractivity contribution in [1.29, 1.82) is 0 Å². The average Bonchev–Trinajstić information content (AvgIpc) is 1.84. The third-order valence-electron chi connectivity index (χ3n) is 1.14. The number of nitrogens with two attached hydrogens (primary N) is 1. The van der Waals surface area contributed by atoms with E-state index in [1.54, 1.807) is 26.2 Å². The van der Waals surface area contributed by atoms with E-state index in [2.05, 4.69) is 0 Å². The van der Waals surface area contributed by atoms with Crippen LogP contribution in [0.3, 0.4) is 0 Å². The Morgan fingerprint density at radius 3 is 1.90 bits per heavy atom. The fraction of sp³-hybridized carbons (Fsp3) is 0.800. The van der Waals surface area contributed by atoms with Gasteiger partial charge in [0.25, 0.3) is 0 Å². The van der Waals surface area contributed by atoms with Crippen LogP contribution in [0, 0.1) is 0 Å². The predicted octanol–water partition coefficient (Wildman–Crippen LogP) is -0.698. The number of likely N-dealkylation sites (N-methyl/N-ethyl adjacent to an activating group) is 1. The summed E-state index contributed by atoms with van der Waals surface area (Å²) in [7, 11) is 5.25. The van der Waals surface area contributed by atoms with Crippen LogP contribution in [0.5, 0.6) is 0 Å². The molecule has 0 fully saturated rings. The molecule has 1 amide bonds. The molecule has 0 aliphatic carbocycles. The molecule has 0 aromatic rings. The van der Waals surface area contributed by atoms with E-state index in [4.69, 9.17) is 5.73 Å². The van der Waals surface area contributed by atoms with E-state index >= 15 is 0 Å². The molecule has 0 saturated heterocycles. The van der Waals surface area contributed by atoms with Crippen LogP contribution in [-0.4, -0.2) is 43.6 Å². The van der Waals surface area contributed by atoms with Crippen LogP contribution in [0.2, 0.25) is 0 Å². The highest BCUT2D eigenvalue weighted by Gasteiger charge is 2.05. The van der Waals surface area contributed by atoms with Crippen molar-refractivity contribution >= 4 is 18.3 Å². The van der Waals surface area contributed by atoms with E-state index in [9.17, 15) is 4.79 Å². The Balaban J connectivity index is 0. The standard InChI is InChI=1S/C5H13N3O.ClH/c1-7(2)8(3)5(9)4-6;/h4,6H2,1-3H3;1H. The van der Waals surface area contributed by atoms with Crippen molar-refractivity contribution in [3.8, 4) is 0 Å². The van der Waals surface area contributed by atoms with Gasteiger partial charge < -0.3 is 5.73 Å². The zero-order chi connectivity index (χ0) is 7.44. The van der Waals surface area contributed by atoms with Gasteiger partial charge in [-0.15, -0.1) is 12.4 Å². The maximum absolute atomic E-state index is 10.7. The molecule has 0 spiro atoms. The smallest absolute Gasteiger partial charge is 0.250 e. The second kappa shape index (κ2) is 5.46. The minimum atomic E-state index is -0.0833. The second-order valence-corrected chi connectivity index (χ2v) is 1.97. The number of nitrogens with zero attached hydrogens (tertiary/aromatic N) is 2. The molecule has 0 radical (unpaired) electrons. The normalized spacial score (nSPS) is 8.90. The molecule has 0 saturated carbocycles. The number of amides is 1. The molecule has 62 valence electrons. The van der Waals surface area contributed by atoms with Gasteiger partial charge in [0.2, 0.25) is 5.91 Å². The lowest BCUT2D eigenvalue weighted by Gasteiger charge is -2.23. The molecular formula is C5H14ClN3O. The Morgan fingerprint density at radius 1 is 1.40 bits per heavy atom. The number of carbonyl (C=O) groups excluding carboxylic acids is 1. The summed E-state index contributed by atoms with van der Waals surface area (Å²) in [5.74, 6) is -0.0833. The maximum Gasteiger partial charge on any atom is 0.250 e. The van der Waals surface area contributed by atoms with Gasteiger partial charge >= 0.3 is 0 Å². The van der Waals surface area contributed by atoms with Crippen LogP contribution >= 0.6 is 12.4 Å². The Hall–Kier alpha value is -0.320. The molecule has 0 unspecified atom stereocenters. The first kappa shape index (κ1) is 12.4. The summed E-state index contributed by atoms with van der Waals surface area (Å²) in [4.78, 5) is 10.7. The highest BCUT2D eigenvalue weighted by atomic mass is 35.5. The molecule has 2 N–H and O–H groups in total. The Bertz CT molecular complexity index is 107. The van der Waals surface area contributed by atoms with Gasteiger partial charge in [-0.2, -0.15) is 0 Å². The first-order chi connectivity index (χ1) is 4.09. The fourth-order valence-electron chi connectivity index (χ4n) is 0.355. The fourth-order valence-corrected chi connectivity index (χ4v) is 0.355. The molecule has 4 nitrogen and oxygen atoms in total. The molecule has 0 heterocycles. The summed E-state index contributed by atoms with van der Waals surface area (Å²) >= 11 is 0. The first-order valence-electron chi connectivity index (χ1n) is 2.73. The number of hydrogen-bond acceptors (Lipinski definition) is 3. The molecule has 10 heavy (non-hydrogen) atoms. The largest absolute Gasteiger partial charge is 0.322 e. The highest BCUT2D eigenvalue weighted by molar-refractivity contribution is 5.85. The lowest BCUT2D eigenvalue weighted by molar-refractivity contribution is -0.139. The van der Waals surface area contributed by atoms with Gasteiger partial charge in [-0.05, 0) is 0 Å². The average molecular weight is 168 g/mol. The molecule has 0 aromatic heterocycles. The Morgan fingerprint density at radius 2 is 1.80 bits per heavy atom. The van der Waals surface area contributed by atoms with Gasteiger partial charge in [0, 0.05) is 21.1 Å². The molecule has 0 atom stereocenters. The molecule has 0 aromatic carbocycles. The molecule has 0 aliphatic rings. The Labute approximate surface area is 67.3 Å². The van der Waals surface area contributed by atoms with Crippen LogP contribution in [0.1, 0.15) is 0 Å². The predicted molar refractivity (Wildman–Crippen MR) is 42.8 cm³/mol. The summed E-state index contributed by atoms with van der Waals surface area (Å²) in [5.41, 5.74) is 5.09. The first-order valence-corrected chi connectivity index (χ1v) is 2.73. The van der Waals surface area contributed by atoms with Gasteiger partial charge in [-0.1, -0.05) is 0 Å². The van der Waals surface area contributed by atoms with Crippen molar-refractivity contribution in [3.05, 3.63) is 0 Å². The Kier molecular flexibility index (Phi) is 6.76. The summed E-state index contributed by atoms with van der Waals surface area (Å²) in [5, 5.41) is 3.13. The minimum absolute atomic E-state index is 0. The van der Waals surface area contributed by atoms with Crippen molar-refractivity contribution in [1.82, 2.24) is 10.0 Å². The van der Waals surface area contributed by atoms with Gasteiger partial charge in [-0.3, -0.25) is 9.80 Å². The summed E-state index contributed by atoms with van der Waals surface area (Å²) in [6, 6.07) is 0. The third-order valence-corrected chi connectivity index (χ3v) is 1.14. The van der Waals surface area contributed by atoms with E-state index < -0.39 is 0 Å². The summed E-state index contributed by atoms with van der Waals surface area (Å²) < 4.78 is 0. The number of rotatable bonds is 2. The van der Waals surface area contributed by atoms with Gasteiger partial charge in [-0.25, -0.2) is 5.01 Å². The number of halogens is 1. The zero-order valence-electron chi connectivity index (χ0n) is 6.50. The number of hydrogen-bond donors (Lipinski definition) is 1. The van der Waals surface area contributed by atoms with Gasteiger partial charge in [0.05, 0.1) is 6.54 Å². The molecule has 5 heteroatoms. The van der Waals surface area contributed by atoms with Crippen LogP contribution in [0.4, 0.5) is 0 Å². The van der Waals surface area contributed by atoms with Crippen molar-refractivity contribution in [2.24, 2.45) is 5.73 Å². The van der Waals surface area contributed by atoms with Crippen molar-refractivity contribution in [2.75, 3.05) is 27.7 Å². The number of hydrazine groups is 1. The quantitative estimate of drug-likeness (QED) is 0.554. The highest BCUT2D eigenvalue weighted by Crippen LogP contribution is 1.83. The van der Waals surface area contributed by atoms with Crippen LogP contribution in [0.25, 0.3) is 0 Å². The summed E-state index contributed by atoms with van der Waals surface area (Å²) in [6.45, 7) is 0.0642. The second-order valence-electron chi connectivity index (χ2n) is 1.97. The molecular weight excluding hydrogens is 154 g/mol. The molecule has 0 rings (SSSR count). The summed E-state index contributed by atoms with van der Waals surface area (Å²) in [6.07, 6.45) is 0. The topological polar surface area (TPSA) is 49.6 Å². The maximum atomic E-state index is 10.7. The van der Waals surface area contributed by atoms with Crippen molar-refractivity contribution in [3.63, 3.8) is 0 Å². The monoisotopic (exact) mass is 167 g/mol. The van der Waals surface area contributed by atoms with E-state index in [0.29, 0.717) is 0 Å². The van der Waals surface area contributed by atoms with E-state index in [1.165, 1.54) is 5.01 Å². The van der Waals surface area contributed by atoms with Crippen LogP contribution < -0.4 is 5.73 Å². The zero-order valence-corrected chi connectivity index (χ0v) is 7.31. The molecule has 0 aliphatic heterocycles. The lowest BCUT2D eigenvalue weighted by Crippen LogP contribution is -2.41. The number of carbonyl (C=O) groups is 1. The van der Waals surface area contributed by atoms with Crippen molar-refractivity contribution < 1.29 is 4.79 Å². The van der Waals surface area contributed by atoms with Crippen LogP contribution in [-0.2, 0) is 4.79 Å². The molecule has 0 bridgehead atoms. The van der Waals surface area contributed by atoms with Gasteiger partial charge in [0.1, 0.15) is 0 Å². The van der Waals surface area contributed by atoms with Gasteiger partial charge in [0.15, 0.2) is 0 Å². The van der Waals surface area contributed by atoms with Crippen molar-refractivity contribution in [2.45, 2.75) is 0 Å². The lowest BCUT2D eigenvalue weighted by atomic mass is 10.6. The van der Waals surface area contributed by atoms with E-state index in [-0.39, 0.29) is 24.9 Å². The van der Waals surface area contributed by atoms with E-state index in [0.717, 1.165) is 0 Å². The minimum Gasteiger partial charge on any atom is -0.322 e.